The van der Waals surface area contributed by atoms with Crippen molar-refractivity contribution in [3.8, 4) is 0 Å². The van der Waals surface area contributed by atoms with Crippen LogP contribution in [-0.4, -0.2) is 47.1 Å². The van der Waals surface area contributed by atoms with Crippen molar-refractivity contribution in [1.82, 2.24) is 5.32 Å². The van der Waals surface area contributed by atoms with Gasteiger partial charge in [-0.05, 0) is 20.8 Å². The largest absolute Gasteiger partial charge is 0.460 e. The monoisotopic (exact) mass is 217 g/mol. The number of carbonyl (C=O) groups is 1. The predicted molar refractivity (Wildman–Crippen MR) is 54.2 cm³/mol. The van der Waals surface area contributed by atoms with E-state index in [1.54, 1.807) is 20.8 Å². The van der Waals surface area contributed by atoms with Crippen molar-refractivity contribution in [3.63, 3.8) is 0 Å². The van der Waals surface area contributed by atoms with Crippen LogP contribution in [0.1, 0.15) is 20.8 Å². The maximum Gasteiger partial charge on any atom is 0.313 e. The highest BCUT2D eigenvalue weighted by atomic mass is 16.6. The first-order valence-electron chi connectivity index (χ1n) is 5.11. The van der Waals surface area contributed by atoms with E-state index in [-0.39, 0.29) is 0 Å². The second-order valence-electron chi connectivity index (χ2n) is 4.86. The second kappa shape index (κ2) is 4.47. The first-order chi connectivity index (χ1) is 6.81. The summed E-state index contributed by atoms with van der Waals surface area (Å²) in [4.78, 5) is 11.6. The molecule has 1 aliphatic heterocycles. The van der Waals surface area contributed by atoms with E-state index in [0.717, 1.165) is 0 Å². The van der Waals surface area contributed by atoms with Crippen LogP contribution in [0.25, 0.3) is 0 Å². The number of carbonyl (C=O) groups excluding carboxylic acids is 1. The second-order valence-corrected chi connectivity index (χ2v) is 4.86. The molecule has 3 N–H and O–H groups in total. The molecule has 1 fully saturated rings. The Morgan fingerprint density at radius 1 is 1.33 bits per heavy atom. The van der Waals surface area contributed by atoms with Gasteiger partial charge >= 0.3 is 5.97 Å². The summed E-state index contributed by atoms with van der Waals surface area (Å²) in [5.41, 5.74) is -0.570. The van der Waals surface area contributed by atoms with E-state index in [1.165, 1.54) is 0 Å². The van der Waals surface area contributed by atoms with Crippen molar-refractivity contribution < 1.29 is 19.7 Å². The number of rotatable bonds is 1. The van der Waals surface area contributed by atoms with Gasteiger partial charge in [-0.15, -0.1) is 0 Å². The van der Waals surface area contributed by atoms with Gasteiger partial charge in [0, 0.05) is 13.1 Å². The molecule has 0 aromatic carbocycles. The molecule has 1 rings (SSSR count). The van der Waals surface area contributed by atoms with Gasteiger partial charge < -0.3 is 20.3 Å². The molecular weight excluding hydrogens is 198 g/mol. The Morgan fingerprint density at radius 2 is 1.93 bits per heavy atom. The predicted octanol–water partition coefficient (Wildman–Crippen LogP) is -0.731. The van der Waals surface area contributed by atoms with Crippen molar-refractivity contribution in [2.45, 2.75) is 38.6 Å². The molecule has 0 aromatic heterocycles. The molecule has 0 aromatic rings. The normalized spacial score (nSPS) is 32.5. The zero-order valence-electron chi connectivity index (χ0n) is 9.36. The topological polar surface area (TPSA) is 78.8 Å². The molecule has 0 spiro atoms. The fourth-order valence-electron chi connectivity index (χ4n) is 1.50. The van der Waals surface area contributed by atoms with Gasteiger partial charge in [0.05, 0.1) is 18.1 Å². The molecule has 88 valence electrons. The summed E-state index contributed by atoms with van der Waals surface area (Å²) in [6.07, 6.45) is -1.95. The van der Waals surface area contributed by atoms with Crippen LogP contribution in [0.3, 0.4) is 0 Å². The maximum atomic E-state index is 11.6. The highest BCUT2D eigenvalue weighted by molar-refractivity contribution is 5.74. The minimum Gasteiger partial charge on any atom is -0.460 e. The summed E-state index contributed by atoms with van der Waals surface area (Å²) >= 11 is 0. The van der Waals surface area contributed by atoms with E-state index in [9.17, 15) is 15.0 Å². The SMILES string of the molecule is CC(C)(C)OC(=O)C1CNCC(O)C1O. The third-order valence-corrected chi connectivity index (χ3v) is 2.23. The number of ether oxygens (including phenoxy) is 1. The standard InChI is InChI=1S/C10H19NO4/c1-10(2,3)15-9(14)6-4-11-5-7(12)8(6)13/h6-8,11-13H,4-5H2,1-3H3. The van der Waals surface area contributed by atoms with Crippen LogP contribution in [0.5, 0.6) is 0 Å². The van der Waals surface area contributed by atoms with Gasteiger partial charge in [-0.1, -0.05) is 0 Å². The molecule has 3 atom stereocenters. The Balaban J connectivity index is 2.59. The van der Waals surface area contributed by atoms with Gasteiger partial charge in [0.15, 0.2) is 0 Å². The Morgan fingerprint density at radius 3 is 2.47 bits per heavy atom. The lowest BCUT2D eigenvalue weighted by atomic mass is 9.94. The number of β-amino-alcohol motifs (C(OH)–C–C–N with tert-alkyl or cyclic N) is 1. The first kappa shape index (κ1) is 12.4. The van der Waals surface area contributed by atoms with E-state index in [4.69, 9.17) is 4.74 Å². The van der Waals surface area contributed by atoms with Gasteiger partial charge in [0.1, 0.15) is 5.60 Å². The molecule has 1 saturated heterocycles. The Labute approximate surface area is 89.4 Å². The smallest absolute Gasteiger partial charge is 0.313 e. The molecule has 1 heterocycles. The molecule has 5 heteroatoms. The molecule has 0 aliphatic carbocycles. The number of nitrogens with one attached hydrogen (secondary N) is 1. The average molecular weight is 217 g/mol. The highest BCUT2D eigenvalue weighted by Crippen LogP contribution is 2.17. The lowest BCUT2D eigenvalue weighted by molar-refractivity contribution is -0.168. The number of hydrogen-bond acceptors (Lipinski definition) is 5. The number of aliphatic hydroxyl groups excluding tert-OH is 2. The van der Waals surface area contributed by atoms with Gasteiger partial charge in [0.2, 0.25) is 0 Å². The van der Waals surface area contributed by atoms with Gasteiger partial charge in [-0.2, -0.15) is 0 Å². The van der Waals surface area contributed by atoms with E-state index < -0.39 is 29.7 Å². The molecule has 5 nitrogen and oxygen atoms in total. The zero-order valence-corrected chi connectivity index (χ0v) is 9.36. The van der Waals surface area contributed by atoms with Crippen LogP contribution in [0.4, 0.5) is 0 Å². The zero-order chi connectivity index (χ0) is 11.6. The van der Waals surface area contributed by atoms with E-state index in [1.807, 2.05) is 0 Å². The molecule has 15 heavy (non-hydrogen) atoms. The molecule has 0 radical (unpaired) electrons. The van der Waals surface area contributed by atoms with Crippen molar-refractivity contribution in [2.24, 2.45) is 5.92 Å². The van der Waals surface area contributed by atoms with Crippen LogP contribution in [0.2, 0.25) is 0 Å². The number of piperidine rings is 1. The average Bonchev–Trinajstić information content (AvgIpc) is 2.06. The van der Waals surface area contributed by atoms with Gasteiger partial charge in [0.25, 0.3) is 0 Å². The summed E-state index contributed by atoms with van der Waals surface area (Å²) in [6, 6.07) is 0. The summed E-state index contributed by atoms with van der Waals surface area (Å²) in [7, 11) is 0. The van der Waals surface area contributed by atoms with Crippen molar-refractivity contribution in [1.29, 1.82) is 0 Å². The van der Waals surface area contributed by atoms with Crippen LogP contribution < -0.4 is 5.32 Å². The summed E-state index contributed by atoms with van der Waals surface area (Å²) < 4.78 is 5.15. The summed E-state index contributed by atoms with van der Waals surface area (Å²) in [6.45, 7) is 5.95. The highest BCUT2D eigenvalue weighted by Gasteiger charge is 2.37. The molecule has 0 bridgehead atoms. The molecule has 0 amide bonds. The van der Waals surface area contributed by atoms with Crippen molar-refractivity contribution >= 4 is 5.97 Å². The Bertz CT molecular complexity index is 236. The van der Waals surface area contributed by atoms with Crippen molar-refractivity contribution in [3.05, 3.63) is 0 Å². The van der Waals surface area contributed by atoms with Gasteiger partial charge in [-0.25, -0.2) is 0 Å². The summed E-state index contributed by atoms with van der Waals surface area (Å²) in [5, 5.41) is 21.9. The first-order valence-corrected chi connectivity index (χ1v) is 5.11. The Kier molecular flexibility index (Phi) is 3.70. The van der Waals surface area contributed by atoms with Crippen LogP contribution in [0.15, 0.2) is 0 Å². The number of hydrogen-bond donors (Lipinski definition) is 3. The number of esters is 1. The molecule has 3 unspecified atom stereocenters. The number of aliphatic hydroxyl groups is 2. The van der Waals surface area contributed by atoms with Gasteiger partial charge in [-0.3, -0.25) is 4.79 Å². The molecular formula is C10H19NO4. The van der Waals surface area contributed by atoms with E-state index in [2.05, 4.69) is 5.32 Å². The third-order valence-electron chi connectivity index (χ3n) is 2.23. The molecule has 0 saturated carbocycles. The van der Waals surface area contributed by atoms with Crippen LogP contribution in [0, 0.1) is 5.92 Å². The van der Waals surface area contributed by atoms with E-state index >= 15 is 0 Å². The van der Waals surface area contributed by atoms with Crippen LogP contribution in [-0.2, 0) is 9.53 Å². The minimum absolute atomic E-state index is 0.306. The fraction of sp³-hybridized carbons (Fsp3) is 0.900. The minimum atomic E-state index is -1.04. The maximum absolute atomic E-state index is 11.6. The lowest BCUT2D eigenvalue weighted by Crippen LogP contribution is -2.54. The third kappa shape index (κ3) is 3.44. The van der Waals surface area contributed by atoms with Crippen molar-refractivity contribution in [2.75, 3.05) is 13.1 Å². The summed E-state index contributed by atoms with van der Waals surface area (Å²) in [5.74, 6) is -1.16. The Hall–Kier alpha value is -0.650. The quantitative estimate of drug-likeness (QED) is 0.505. The lowest BCUT2D eigenvalue weighted by Gasteiger charge is -2.32. The van der Waals surface area contributed by atoms with E-state index in [0.29, 0.717) is 13.1 Å². The molecule has 1 aliphatic rings. The van der Waals surface area contributed by atoms with Crippen LogP contribution >= 0.6 is 0 Å². The fourth-order valence-corrected chi connectivity index (χ4v) is 1.50.